The normalized spacial score (nSPS) is 10.7. The van der Waals surface area contributed by atoms with Crippen molar-refractivity contribution in [1.29, 1.82) is 0 Å². The summed E-state index contributed by atoms with van der Waals surface area (Å²) >= 11 is 0. The number of anilines is 2. The molecule has 4 aromatic rings. The van der Waals surface area contributed by atoms with Crippen molar-refractivity contribution in [3.05, 3.63) is 77.6 Å². The molecule has 0 unspecified atom stereocenters. The first-order valence-corrected chi connectivity index (χ1v) is 10.7. The lowest BCUT2D eigenvalue weighted by molar-refractivity contribution is 0.0526. The van der Waals surface area contributed by atoms with E-state index in [1.54, 1.807) is 38.3 Å². The Bertz CT molecular complexity index is 1400. The minimum absolute atomic E-state index is 0.239. The number of benzene rings is 2. The lowest BCUT2D eigenvalue weighted by atomic mass is 10.0. The zero-order valence-electron chi connectivity index (χ0n) is 19.1. The first kappa shape index (κ1) is 22.7. The molecule has 1 amide bonds. The van der Waals surface area contributed by atoms with Gasteiger partial charge < -0.3 is 20.5 Å². The molecule has 0 saturated heterocycles. The van der Waals surface area contributed by atoms with E-state index in [0.29, 0.717) is 33.7 Å². The minimum atomic E-state index is -0.614. The van der Waals surface area contributed by atoms with Gasteiger partial charge in [0, 0.05) is 29.0 Å². The number of esters is 1. The summed E-state index contributed by atoms with van der Waals surface area (Å²) in [5.41, 5.74) is 10.7. The number of aromatic nitrogens is 2. The molecule has 2 aromatic carbocycles. The van der Waals surface area contributed by atoms with Crippen molar-refractivity contribution in [2.45, 2.75) is 13.8 Å². The molecule has 0 aliphatic carbocycles. The maximum Gasteiger partial charge on any atom is 0.338 e. The number of hydrogen-bond donors (Lipinski definition) is 2. The molecule has 0 atom stereocenters. The molecule has 0 aliphatic rings. The van der Waals surface area contributed by atoms with Gasteiger partial charge in [0.25, 0.3) is 5.91 Å². The summed E-state index contributed by atoms with van der Waals surface area (Å²) in [4.78, 5) is 33.1. The average molecular weight is 457 g/mol. The fourth-order valence-corrected chi connectivity index (χ4v) is 3.69. The van der Waals surface area contributed by atoms with Gasteiger partial charge >= 0.3 is 5.97 Å². The number of pyridine rings is 2. The number of carbonyl (C=O) groups excluding carboxylic acids is 2. The Morgan fingerprint density at radius 3 is 2.62 bits per heavy atom. The van der Waals surface area contributed by atoms with Crippen molar-refractivity contribution in [2.75, 3.05) is 19.0 Å². The van der Waals surface area contributed by atoms with E-state index in [0.717, 1.165) is 16.8 Å². The van der Waals surface area contributed by atoms with Gasteiger partial charge in [0.2, 0.25) is 5.88 Å². The highest BCUT2D eigenvalue weighted by atomic mass is 16.5. The number of ether oxygens (including phenoxy) is 2. The SMILES string of the molecule is CCOC(=O)c1cccc(Nc2c(C(N)=O)cnc3cc(-c4cc(C)nc(OC)c4)ccc23)c1. The van der Waals surface area contributed by atoms with Crippen molar-refractivity contribution in [3.63, 3.8) is 0 Å². The Hall–Kier alpha value is -4.46. The molecule has 0 aliphatic heterocycles. The van der Waals surface area contributed by atoms with E-state index >= 15 is 0 Å². The summed E-state index contributed by atoms with van der Waals surface area (Å²) in [6.07, 6.45) is 1.45. The number of rotatable bonds is 7. The van der Waals surface area contributed by atoms with E-state index < -0.39 is 11.9 Å². The van der Waals surface area contributed by atoms with E-state index in [-0.39, 0.29) is 12.2 Å². The van der Waals surface area contributed by atoms with Crippen LogP contribution in [0.4, 0.5) is 11.4 Å². The highest BCUT2D eigenvalue weighted by Gasteiger charge is 2.16. The number of hydrogen-bond acceptors (Lipinski definition) is 7. The van der Waals surface area contributed by atoms with Gasteiger partial charge in [0.15, 0.2) is 0 Å². The third-order valence-corrected chi connectivity index (χ3v) is 5.25. The maximum absolute atomic E-state index is 12.2. The number of nitrogens with two attached hydrogens (primary N) is 1. The first-order chi connectivity index (χ1) is 16.4. The van der Waals surface area contributed by atoms with Gasteiger partial charge in [-0.1, -0.05) is 18.2 Å². The predicted molar refractivity (Wildman–Crippen MR) is 130 cm³/mol. The largest absolute Gasteiger partial charge is 0.481 e. The second kappa shape index (κ2) is 9.58. The highest BCUT2D eigenvalue weighted by molar-refractivity contribution is 6.08. The van der Waals surface area contributed by atoms with Gasteiger partial charge in [-0.15, -0.1) is 0 Å². The molecule has 3 N–H and O–H groups in total. The van der Waals surface area contributed by atoms with Crippen molar-refractivity contribution < 1.29 is 19.1 Å². The molecule has 8 nitrogen and oxygen atoms in total. The van der Waals surface area contributed by atoms with Gasteiger partial charge in [-0.05, 0) is 55.3 Å². The van der Waals surface area contributed by atoms with Gasteiger partial charge in [0.05, 0.1) is 36.0 Å². The quantitative estimate of drug-likeness (QED) is 0.389. The van der Waals surface area contributed by atoms with E-state index in [9.17, 15) is 9.59 Å². The molecule has 4 rings (SSSR count). The van der Waals surface area contributed by atoms with Crippen molar-refractivity contribution in [3.8, 4) is 17.0 Å². The van der Waals surface area contributed by atoms with Crippen molar-refractivity contribution in [2.24, 2.45) is 5.73 Å². The molecule has 34 heavy (non-hydrogen) atoms. The molecule has 2 heterocycles. The van der Waals surface area contributed by atoms with Crippen LogP contribution in [0, 0.1) is 6.92 Å². The van der Waals surface area contributed by atoms with E-state index in [4.69, 9.17) is 15.2 Å². The summed E-state index contributed by atoms with van der Waals surface area (Å²) < 4.78 is 10.4. The first-order valence-electron chi connectivity index (χ1n) is 10.7. The van der Waals surface area contributed by atoms with Crippen LogP contribution in [0.15, 0.2) is 60.8 Å². The second-order valence-electron chi connectivity index (χ2n) is 7.61. The van der Waals surface area contributed by atoms with E-state index in [2.05, 4.69) is 15.3 Å². The number of fused-ring (bicyclic) bond motifs is 1. The predicted octanol–water partition coefficient (Wildman–Crippen LogP) is 4.63. The van der Waals surface area contributed by atoms with Crippen molar-refractivity contribution >= 4 is 34.2 Å². The Balaban J connectivity index is 1.79. The molecular weight excluding hydrogens is 432 g/mol. The number of amides is 1. The number of methoxy groups -OCH3 is 1. The lowest BCUT2D eigenvalue weighted by Crippen LogP contribution is -2.14. The molecule has 2 aromatic heterocycles. The fraction of sp³-hybridized carbons (Fsp3) is 0.154. The molecule has 0 saturated carbocycles. The van der Waals surface area contributed by atoms with Crippen LogP contribution >= 0.6 is 0 Å². The van der Waals surface area contributed by atoms with Gasteiger partial charge in [0.1, 0.15) is 0 Å². The summed E-state index contributed by atoms with van der Waals surface area (Å²) in [6.45, 7) is 3.93. The molecule has 0 radical (unpaired) electrons. The van der Waals surface area contributed by atoms with E-state index in [1.807, 2.05) is 37.3 Å². The Morgan fingerprint density at radius 2 is 1.88 bits per heavy atom. The summed E-state index contributed by atoms with van der Waals surface area (Å²) in [7, 11) is 1.58. The molecule has 0 spiro atoms. The Labute approximate surface area is 196 Å². The van der Waals surface area contributed by atoms with Crippen LogP contribution in [0.3, 0.4) is 0 Å². The van der Waals surface area contributed by atoms with Crippen LogP contribution in [-0.4, -0.2) is 35.6 Å². The third-order valence-electron chi connectivity index (χ3n) is 5.25. The maximum atomic E-state index is 12.2. The number of carbonyl (C=O) groups is 2. The highest BCUT2D eigenvalue weighted by Crippen LogP contribution is 2.33. The van der Waals surface area contributed by atoms with E-state index in [1.165, 1.54) is 6.20 Å². The fourth-order valence-electron chi connectivity index (χ4n) is 3.69. The summed E-state index contributed by atoms with van der Waals surface area (Å²) in [5.74, 6) is -0.512. The topological polar surface area (TPSA) is 116 Å². The average Bonchev–Trinajstić information content (AvgIpc) is 2.83. The zero-order valence-corrected chi connectivity index (χ0v) is 19.1. The molecule has 0 bridgehead atoms. The van der Waals surface area contributed by atoms with Crippen LogP contribution in [0.25, 0.3) is 22.0 Å². The number of aryl methyl sites for hydroxylation is 1. The number of nitrogens with one attached hydrogen (secondary N) is 1. The summed E-state index contributed by atoms with van der Waals surface area (Å²) in [5, 5.41) is 3.95. The Kier molecular flexibility index (Phi) is 6.40. The van der Waals surface area contributed by atoms with Gasteiger partial charge in [-0.3, -0.25) is 9.78 Å². The molecule has 0 fully saturated rings. The zero-order chi connectivity index (χ0) is 24.2. The Morgan fingerprint density at radius 1 is 1.06 bits per heavy atom. The molecule has 8 heteroatoms. The van der Waals surface area contributed by atoms with Crippen LogP contribution in [0.2, 0.25) is 0 Å². The lowest BCUT2D eigenvalue weighted by Gasteiger charge is -2.15. The van der Waals surface area contributed by atoms with Gasteiger partial charge in [-0.2, -0.15) is 0 Å². The van der Waals surface area contributed by atoms with Crippen LogP contribution in [-0.2, 0) is 4.74 Å². The van der Waals surface area contributed by atoms with Crippen LogP contribution < -0.4 is 15.8 Å². The molecular formula is C26H24N4O4. The number of nitrogens with zero attached hydrogens (tertiary/aromatic N) is 2. The smallest absolute Gasteiger partial charge is 0.338 e. The summed E-state index contributed by atoms with van der Waals surface area (Å²) in [6, 6.07) is 16.4. The van der Waals surface area contributed by atoms with Gasteiger partial charge in [-0.25, -0.2) is 9.78 Å². The second-order valence-corrected chi connectivity index (χ2v) is 7.61. The van der Waals surface area contributed by atoms with Crippen LogP contribution in [0.1, 0.15) is 33.3 Å². The van der Waals surface area contributed by atoms with Crippen molar-refractivity contribution in [1.82, 2.24) is 9.97 Å². The number of primary amides is 1. The monoisotopic (exact) mass is 456 g/mol. The minimum Gasteiger partial charge on any atom is -0.481 e. The third kappa shape index (κ3) is 4.66. The molecule has 172 valence electrons. The standard InChI is InChI=1S/C26H24N4O4/c1-4-34-26(32)17-6-5-7-19(11-17)30-24-20-9-8-16(12-22(20)28-14-21(24)25(27)31)18-10-15(2)29-23(13-18)33-3/h5-14H,4H2,1-3H3,(H2,27,31)(H,28,30). The van der Waals surface area contributed by atoms with Crippen LogP contribution in [0.5, 0.6) is 5.88 Å².